The van der Waals surface area contributed by atoms with Gasteiger partial charge in [0.25, 0.3) is 11.5 Å². The predicted molar refractivity (Wildman–Crippen MR) is 73.8 cm³/mol. The van der Waals surface area contributed by atoms with Crippen molar-refractivity contribution in [3.8, 4) is 0 Å². The Bertz CT molecular complexity index is 883. The summed E-state index contributed by atoms with van der Waals surface area (Å²) in [5.41, 5.74) is -0.109. The molecule has 4 N–H and O–H groups in total. The SMILES string of the molecule is O=C(Nc1cc(=O)[nH]c2ncnn12)c1ccc([NH+]([O-])O)cc1. The van der Waals surface area contributed by atoms with Gasteiger partial charge in [-0.15, -0.1) is 0 Å². The monoisotopic (exact) mass is 302 g/mol. The number of amides is 1. The molecule has 112 valence electrons. The van der Waals surface area contributed by atoms with Gasteiger partial charge in [0.05, 0.1) is 0 Å². The van der Waals surface area contributed by atoms with Gasteiger partial charge in [0.1, 0.15) is 12.1 Å². The van der Waals surface area contributed by atoms with Crippen molar-refractivity contribution in [2.45, 2.75) is 0 Å². The Morgan fingerprint density at radius 2 is 2.09 bits per heavy atom. The maximum atomic E-state index is 12.1. The summed E-state index contributed by atoms with van der Waals surface area (Å²) in [5.74, 6) is -0.146. The third kappa shape index (κ3) is 2.56. The first kappa shape index (κ1) is 13.9. The van der Waals surface area contributed by atoms with Crippen LogP contribution in [0.25, 0.3) is 5.78 Å². The molecule has 0 fully saturated rings. The molecular weight excluding hydrogens is 292 g/mol. The normalized spacial score (nSPS) is 12.3. The van der Waals surface area contributed by atoms with Gasteiger partial charge < -0.3 is 10.5 Å². The number of aromatic nitrogens is 4. The van der Waals surface area contributed by atoms with Crippen molar-refractivity contribution in [3.63, 3.8) is 0 Å². The number of hydrogen-bond donors (Lipinski definition) is 4. The van der Waals surface area contributed by atoms with Crippen LogP contribution in [0.2, 0.25) is 0 Å². The predicted octanol–water partition coefficient (Wildman–Crippen LogP) is -0.927. The van der Waals surface area contributed by atoms with Gasteiger partial charge in [0, 0.05) is 23.8 Å². The zero-order valence-electron chi connectivity index (χ0n) is 11.0. The summed E-state index contributed by atoms with van der Waals surface area (Å²) in [5, 5.41) is 24.9. The van der Waals surface area contributed by atoms with Crippen LogP contribution in [-0.4, -0.2) is 30.7 Å². The third-order valence-corrected chi connectivity index (χ3v) is 2.91. The Morgan fingerprint density at radius 1 is 1.36 bits per heavy atom. The Balaban J connectivity index is 1.89. The first-order chi connectivity index (χ1) is 10.5. The Hall–Kier alpha value is -3.08. The number of H-pyrrole nitrogens is 1. The fourth-order valence-electron chi connectivity index (χ4n) is 1.88. The lowest BCUT2D eigenvalue weighted by atomic mass is 10.2. The van der Waals surface area contributed by atoms with E-state index in [0.717, 1.165) is 0 Å². The number of fused-ring (bicyclic) bond motifs is 1. The van der Waals surface area contributed by atoms with Crippen molar-refractivity contribution in [2.75, 3.05) is 5.32 Å². The molecule has 0 saturated heterocycles. The molecule has 10 nitrogen and oxygen atoms in total. The van der Waals surface area contributed by atoms with Crippen LogP contribution in [0.5, 0.6) is 0 Å². The molecule has 3 rings (SSSR count). The summed E-state index contributed by atoms with van der Waals surface area (Å²) in [6.07, 6.45) is 1.24. The number of benzene rings is 1. The van der Waals surface area contributed by atoms with Gasteiger partial charge in [0.15, 0.2) is 5.69 Å². The Labute approximate surface area is 122 Å². The summed E-state index contributed by atoms with van der Waals surface area (Å²) in [6, 6.07) is 6.57. The van der Waals surface area contributed by atoms with Crippen LogP contribution in [0.4, 0.5) is 11.5 Å². The number of nitrogens with one attached hydrogen (secondary N) is 3. The van der Waals surface area contributed by atoms with E-state index in [1.807, 2.05) is 0 Å². The Morgan fingerprint density at radius 3 is 2.77 bits per heavy atom. The fourth-order valence-corrected chi connectivity index (χ4v) is 1.88. The second-order valence-corrected chi connectivity index (χ2v) is 4.35. The minimum Gasteiger partial charge on any atom is -0.595 e. The van der Waals surface area contributed by atoms with Gasteiger partial charge in [-0.2, -0.15) is 19.8 Å². The first-order valence-corrected chi connectivity index (χ1v) is 6.12. The minimum atomic E-state index is -1.08. The maximum Gasteiger partial charge on any atom is 0.256 e. The Kier molecular flexibility index (Phi) is 3.39. The second-order valence-electron chi connectivity index (χ2n) is 4.35. The van der Waals surface area contributed by atoms with Crippen LogP contribution in [0.3, 0.4) is 0 Å². The average Bonchev–Trinajstić information content (AvgIpc) is 2.95. The van der Waals surface area contributed by atoms with Crippen molar-refractivity contribution in [2.24, 2.45) is 0 Å². The molecule has 2 aromatic heterocycles. The molecule has 0 saturated carbocycles. The number of carbonyl (C=O) groups is 1. The highest BCUT2D eigenvalue weighted by atomic mass is 16.8. The fraction of sp³-hybridized carbons (Fsp3) is 0. The maximum absolute atomic E-state index is 12.1. The van der Waals surface area contributed by atoms with E-state index in [9.17, 15) is 14.8 Å². The van der Waals surface area contributed by atoms with E-state index in [1.54, 1.807) is 0 Å². The van der Waals surface area contributed by atoms with E-state index in [1.165, 1.54) is 41.2 Å². The number of anilines is 1. The van der Waals surface area contributed by atoms with Crippen LogP contribution < -0.4 is 16.1 Å². The van der Waals surface area contributed by atoms with Crippen LogP contribution in [0, 0.1) is 5.21 Å². The molecule has 1 aromatic carbocycles. The highest BCUT2D eigenvalue weighted by Crippen LogP contribution is 2.09. The summed E-state index contributed by atoms with van der Waals surface area (Å²) < 4.78 is 1.27. The number of nitrogens with zero attached hydrogens (tertiary/aromatic N) is 3. The topological polar surface area (TPSA) is 140 Å². The van der Waals surface area contributed by atoms with E-state index in [4.69, 9.17) is 5.21 Å². The molecule has 0 aliphatic rings. The molecule has 0 bridgehead atoms. The molecule has 3 aromatic rings. The van der Waals surface area contributed by atoms with Crippen molar-refractivity contribution in [1.82, 2.24) is 19.6 Å². The van der Waals surface area contributed by atoms with Crippen molar-refractivity contribution < 1.29 is 15.2 Å². The highest BCUT2D eigenvalue weighted by molar-refractivity contribution is 6.03. The smallest absolute Gasteiger partial charge is 0.256 e. The second kappa shape index (κ2) is 5.37. The number of aromatic amines is 1. The third-order valence-electron chi connectivity index (χ3n) is 2.91. The van der Waals surface area contributed by atoms with Gasteiger partial charge in [-0.1, -0.05) is 0 Å². The van der Waals surface area contributed by atoms with Crippen LogP contribution in [0.15, 0.2) is 41.5 Å². The first-order valence-electron chi connectivity index (χ1n) is 6.12. The molecule has 1 unspecified atom stereocenters. The summed E-state index contributed by atoms with van der Waals surface area (Å²) in [6.45, 7) is 0. The van der Waals surface area contributed by atoms with E-state index in [2.05, 4.69) is 20.4 Å². The summed E-state index contributed by atoms with van der Waals surface area (Å²) in [7, 11) is 0. The molecule has 2 heterocycles. The number of rotatable bonds is 3. The van der Waals surface area contributed by atoms with Gasteiger partial charge in [-0.05, 0) is 12.1 Å². The average molecular weight is 302 g/mol. The summed E-state index contributed by atoms with van der Waals surface area (Å²) >= 11 is 0. The van der Waals surface area contributed by atoms with Crippen molar-refractivity contribution in [3.05, 3.63) is 57.8 Å². The zero-order valence-corrected chi connectivity index (χ0v) is 11.0. The van der Waals surface area contributed by atoms with Gasteiger partial charge >= 0.3 is 0 Å². The van der Waals surface area contributed by atoms with Crippen molar-refractivity contribution in [1.29, 1.82) is 0 Å². The molecule has 1 amide bonds. The molecular formula is C12H10N6O4. The van der Waals surface area contributed by atoms with E-state index in [-0.39, 0.29) is 22.8 Å². The lowest BCUT2D eigenvalue weighted by Crippen LogP contribution is -2.99. The number of carbonyl (C=O) groups excluding carboxylic acids is 1. The van der Waals surface area contributed by atoms with Crippen LogP contribution in [-0.2, 0) is 0 Å². The lowest BCUT2D eigenvalue weighted by Gasteiger charge is -2.11. The van der Waals surface area contributed by atoms with Gasteiger partial charge in [-0.25, -0.2) is 5.21 Å². The lowest BCUT2D eigenvalue weighted by molar-refractivity contribution is -0.991. The number of hydrogen-bond acceptors (Lipinski definition) is 6. The minimum absolute atomic E-state index is 0.0753. The largest absolute Gasteiger partial charge is 0.595 e. The highest BCUT2D eigenvalue weighted by Gasteiger charge is 2.11. The number of quaternary nitrogens is 1. The molecule has 10 heteroatoms. The molecule has 0 radical (unpaired) electrons. The van der Waals surface area contributed by atoms with E-state index < -0.39 is 16.7 Å². The molecule has 1 atom stereocenters. The molecule has 0 aliphatic carbocycles. The summed E-state index contributed by atoms with van der Waals surface area (Å²) in [4.78, 5) is 29.9. The zero-order chi connectivity index (χ0) is 15.7. The van der Waals surface area contributed by atoms with Crippen LogP contribution in [0.1, 0.15) is 10.4 Å². The molecule has 0 spiro atoms. The van der Waals surface area contributed by atoms with E-state index >= 15 is 0 Å². The van der Waals surface area contributed by atoms with Gasteiger partial charge in [0.2, 0.25) is 5.78 Å². The molecule has 0 aliphatic heterocycles. The standard InChI is InChI=1S/C12H10N6O4/c19-10-5-9(17-12(16-10)13-6-14-17)15-11(20)7-1-3-8(4-2-7)18(21)22/h1-6,18,21H,(H,15,20)(H,13,14,16,19). The quantitative estimate of drug-likeness (QED) is 0.461. The van der Waals surface area contributed by atoms with Gasteiger partial charge in [-0.3, -0.25) is 14.6 Å². The van der Waals surface area contributed by atoms with Crippen molar-refractivity contribution >= 4 is 23.2 Å². The van der Waals surface area contributed by atoms with Crippen LogP contribution >= 0.6 is 0 Å². The molecule has 22 heavy (non-hydrogen) atoms. The van der Waals surface area contributed by atoms with E-state index in [0.29, 0.717) is 0 Å².